The van der Waals surface area contributed by atoms with Crippen molar-refractivity contribution in [2.75, 3.05) is 52.4 Å². The Bertz CT molecular complexity index is 1650. The Kier molecular flexibility index (Phi) is 22.7. The number of nitrogens with one attached hydrogen (secondary N) is 3. The van der Waals surface area contributed by atoms with E-state index in [0.29, 0.717) is 76.8 Å². The highest BCUT2D eigenvalue weighted by atomic mass is 16.6. The molecule has 3 amide bonds. The van der Waals surface area contributed by atoms with Crippen molar-refractivity contribution in [2.24, 2.45) is 0 Å². The standard InChI is InChI=1S/C45H82N8O10/c1-34-30-49(34)32-36(3)61-38(54)46-23-16-10-13-19-26-51-41(57)52(27-20-14-11-17-24-47-39(55)62-37(4)33-50-31-35(50)2)43(59)53(42(51)58)28-21-15-12-18-25-48-40(56)63-45(8,9)22-29-60-44(5,6)7/h34-37H,10-33H2,1-9H3,(H,46,54)(H,47,55)(H,48,56). The lowest BCUT2D eigenvalue weighted by Crippen LogP contribution is -2.54. The average Bonchev–Trinajstić information content (AvgIpc) is 4.08. The lowest BCUT2D eigenvalue weighted by Gasteiger charge is -2.27. The fourth-order valence-corrected chi connectivity index (χ4v) is 7.29. The van der Waals surface area contributed by atoms with Crippen molar-refractivity contribution in [3.05, 3.63) is 31.5 Å². The molecule has 0 aromatic carbocycles. The van der Waals surface area contributed by atoms with Gasteiger partial charge in [0.05, 0.1) is 12.2 Å². The second kappa shape index (κ2) is 26.8. The first kappa shape index (κ1) is 53.4. The number of hydrogen-bond acceptors (Lipinski definition) is 12. The summed E-state index contributed by atoms with van der Waals surface area (Å²) in [5, 5.41) is 8.41. The zero-order chi connectivity index (χ0) is 46.6. The van der Waals surface area contributed by atoms with E-state index in [-0.39, 0.29) is 37.4 Å². The molecule has 1 aromatic heterocycles. The van der Waals surface area contributed by atoms with Crippen LogP contribution in [0.4, 0.5) is 14.4 Å². The summed E-state index contributed by atoms with van der Waals surface area (Å²) in [6.07, 6.45) is 7.17. The molecule has 0 bridgehead atoms. The van der Waals surface area contributed by atoms with Crippen LogP contribution in [0.5, 0.6) is 0 Å². The lowest BCUT2D eigenvalue weighted by molar-refractivity contribution is -0.0402. The molecule has 2 saturated heterocycles. The topological polar surface area (TPSA) is 196 Å². The number of rotatable bonds is 31. The molecule has 3 N–H and O–H groups in total. The largest absolute Gasteiger partial charge is 0.445 e. The number of carbonyl (C=O) groups is 3. The van der Waals surface area contributed by atoms with Gasteiger partial charge in [0.15, 0.2) is 0 Å². The molecule has 2 aliphatic heterocycles. The number of nitrogens with zero attached hydrogens (tertiary/aromatic N) is 5. The van der Waals surface area contributed by atoms with E-state index in [1.165, 1.54) is 13.7 Å². The molecular weight excluding hydrogens is 813 g/mol. The smallest absolute Gasteiger partial charge is 0.407 e. The zero-order valence-electron chi connectivity index (χ0n) is 40.1. The van der Waals surface area contributed by atoms with Gasteiger partial charge in [-0.1, -0.05) is 38.5 Å². The van der Waals surface area contributed by atoms with Crippen LogP contribution in [0.25, 0.3) is 0 Å². The van der Waals surface area contributed by atoms with E-state index in [1.807, 2.05) is 48.5 Å². The average molecular weight is 895 g/mol. The van der Waals surface area contributed by atoms with Crippen LogP contribution < -0.4 is 33.0 Å². The molecule has 3 heterocycles. The number of aromatic nitrogens is 3. The van der Waals surface area contributed by atoms with E-state index in [0.717, 1.165) is 71.1 Å². The lowest BCUT2D eigenvalue weighted by atomic mass is 10.1. The fourth-order valence-electron chi connectivity index (χ4n) is 7.29. The molecular formula is C45H82N8O10. The third kappa shape index (κ3) is 22.0. The summed E-state index contributed by atoms with van der Waals surface area (Å²) in [5.74, 6) is 0. The Hall–Kier alpha value is -3.90. The highest BCUT2D eigenvalue weighted by molar-refractivity contribution is 5.68. The molecule has 2 fully saturated rings. The van der Waals surface area contributed by atoms with Gasteiger partial charge in [0.2, 0.25) is 0 Å². The third-order valence-electron chi connectivity index (χ3n) is 11.3. The molecule has 18 heteroatoms. The van der Waals surface area contributed by atoms with E-state index in [2.05, 4.69) is 39.6 Å². The molecule has 3 rings (SSSR count). The van der Waals surface area contributed by atoms with Crippen LogP contribution >= 0.6 is 0 Å². The number of amides is 3. The summed E-state index contributed by atoms with van der Waals surface area (Å²) in [7, 11) is 0. The number of unbranched alkanes of at least 4 members (excludes halogenated alkanes) is 9. The van der Waals surface area contributed by atoms with E-state index >= 15 is 0 Å². The van der Waals surface area contributed by atoms with Gasteiger partial charge in [0.1, 0.15) is 17.8 Å². The minimum Gasteiger partial charge on any atom is -0.445 e. The monoisotopic (exact) mass is 895 g/mol. The van der Waals surface area contributed by atoms with Crippen LogP contribution in [0.1, 0.15) is 146 Å². The van der Waals surface area contributed by atoms with E-state index in [9.17, 15) is 28.8 Å². The van der Waals surface area contributed by atoms with E-state index in [4.69, 9.17) is 18.9 Å². The Labute approximate surface area is 375 Å². The molecule has 0 spiro atoms. The minimum absolute atomic E-state index is 0.174. The Morgan fingerprint density at radius 3 is 1.24 bits per heavy atom. The van der Waals surface area contributed by atoms with Crippen LogP contribution in [0.3, 0.4) is 0 Å². The predicted molar refractivity (Wildman–Crippen MR) is 243 cm³/mol. The Balaban J connectivity index is 1.45. The number of alkyl carbamates (subject to hydrolysis) is 3. The van der Waals surface area contributed by atoms with Crippen molar-refractivity contribution in [3.63, 3.8) is 0 Å². The van der Waals surface area contributed by atoms with Crippen LogP contribution in [-0.4, -0.2) is 130 Å². The first-order chi connectivity index (χ1) is 29.8. The first-order valence-electron chi connectivity index (χ1n) is 23.7. The molecule has 2 aliphatic rings. The third-order valence-corrected chi connectivity index (χ3v) is 11.3. The van der Waals surface area contributed by atoms with Gasteiger partial charge in [-0.05, 0) is 101 Å². The highest BCUT2D eigenvalue weighted by Gasteiger charge is 2.32. The fraction of sp³-hybridized carbons (Fsp3) is 0.867. The minimum atomic E-state index is -0.675. The van der Waals surface area contributed by atoms with Crippen molar-refractivity contribution in [2.45, 2.75) is 201 Å². The SMILES string of the molecule is CC(CN1CC1C)OC(=O)NCCCCCCn1c(=O)n(CCCCCCNC(=O)OC(C)CN2CC2C)c(=O)n(CCCCCCNC(=O)OC(C)(C)CCOC(C)(C)C)c1=O. The molecule has 0 radical (unpaired) electrons. The highest BCUT2D eigenvalue weighted by Crippen LogP contribution is 2.19. The molecule has 18 nitrogen and oxygen atoms in total. The van der Waals surface area contributed by atoms with Crippen LogP contribution in [-0.2, 0) is 38.6 Å². The van der Waals surface area contributed by atoms with Crippen molar-refractivity contribution in [1.82, 2.24) is 39.5 Å². The van der Waals surface area contributed by atoms with Gasteiger partial charge in [0, 0.05) is 84.0 Å². The van der Waals surface area contributed by atoms with Gasteiger partial charge < -0.3 is 34.9 Å². The summed E-state index contributed by atoms with van der Waals surface area (Å²) in [4.78, 5) is 82.1. The van der Waals surface area contributed by atoms with Gasteiger partial charge >= 0.3 is 35.3 Å². The molecule has 0 aliphatic carbocycles. The van der Waals surface area contributed by atoms with Gasteiger partial charge in [0.25, 0.3) is 0 Å². The Morgan fingerprint density at radius 2 is 0.905 bits per heavy atom. The first-order valence-corrected chi connectivity index (χ1v) is 23.7. The van der Waals surface area contributed by atoms with Crippen molar-refractivity contribution in [1.29, 1.82) is 0 Å². The number of carbonyl (C=O) groups excluding carboxylic acids is 3. The molecule has 6 atom stereocenters. The Morgan fingerprint density at radius 1 is 0.571 bits per heavy atom. The quantitative estimate of drug-likeness (QED) is 0.0502. The van der Waals surface area contributed by atoms with Crippen LogP contribution in [0.15, 0.2) is 14.4 Å². The summed E-state index contributed by atoms with van der Waals surface area (Å²) in [5.41, 5.74) is -2.75. The maximum Gasteiger partial charge on any atom is 0.407 e. The maximum atomic E-state index is 13.6. The van der Waals surface area contributed by atoms with Crippen molar-refractivity contribution < 1.29 is 33.3 Å². The molecule has 6 unspecified atom stereocenters. The van der Waals surface area contributed by atoms with E-state index in [1.54, 1.807) is 0 Å². The molecule has 1 aromatic rings. The van der Waals surface area contributed by atoms with Crippen molar-refractivity contribution in [3.8, 4) is 0 Å². The second-order valence-electron chi connectivity index (χ2n) is 19.2. The van der Waals surface area contributed by atoms with Gasteiger partial charge in [-0.3, -0.25) is 9.80 Å². The number of ether oxygens (including phenoxy) is 4. The maximum absolute atomic E-state index is 13.6. The van der Waals surface area contributed by atoms with E-state index < -0.39 is 41.0 Å². The van der Waals surface area contributed by atoms with Crippen molar-refractivity contribution >= 4 is 18.3 Å². The summed E-state index contributed by atoms with van der Waals surface area (Å²) < 4.78 is 25.8. The molecule has 63 heavy (non-hydrogen) atoms. The predicted octanol–water partition coefficient (Wildman–Crippen LogP) is 5.20. The number of hydrogen-bond donors (Lipinski definition) is 3. The summed E-state index contributed by atoms with van der Waals surface area (Å²) in [6.45, 7) is 23.6. The summed E-state index contributed by atoms with van der Waals surface area (Å²) in [6, 6.07) is 1.10. The van der Waals surface area contributed by atoms with Gasteiger partial charge in [-0.2, -0.15) is 0 Å². The van der Waals surface area contributed by atoms with Crippen LogP contribution in [0.2, 0.25) is 0 Å². The van der Waals surface area contributed by atoms with Crippen LogP contribution in [0, 0.1) is 0 Å². The zero-order valence-corrected chi connectivity index (χ0v) is 40.1. The normalized spacial score (nSPS) is 19.2. The van der Waals surface area contributed by atoms with Gasteiger partial charge in [-0.15, -0.1) is 0 Å². The second-order valence-corrected chi connectivity index (χ2v) is 19.2. The molecule has 362 valence electrons. The molecule has 0 saturated carbocycles. The summed E-state index contributed by atoms with van der Waals surface area (Å²) >= 11 is 0. The van der Waals surface area contributed by atoms with Gasteiger partial charge in [-0.25, -0.2) is 42.5 Å².